The van der Waals surface area contributed by atoms with Crippen LogP contribution in [0.25, 0.3) is 0 Å². The average Bonchev–Trinajstić information content (AvgIpc) is 3.19. The summed E-state index contributed by atoms with van der Waals surface area (Å²) in [6.07, 6.45) is 11.8. The number of amides is 2. The molecule has 1 saturated heterocycles. The fourth-order valence-corrected chi connectivity index (χ4v) is 6.76. The van der Waals surface area contributed by atoms with Crippen molar-refractivity contribution in [1.82, 2.24) is 15.1 Å². The zero-order chi connectivity index (χ0) is 22.0. The number of carbonyl (C=O) groups excluding carboxylic acids is 1. The van der Waals surface area contributed by atoms with Gasteiger partial charge in [0.2, 0.25) is 0 Å². The SMILES string of the molecule is CC[C@@H](C[C@@H]1CCC(C)C1)N1CCC2(CC[C@H](NC(=O)N(C)C)c3ccccc32)CC1. The Morgan fingerprint density at radius 1 is 1.16 bits per heavy atom. The molecule has 4 atom stereocenters. The Kier molecular flexibility index (Phi) is 6.95. The molecule has 0 aromatic heterocycles. The average molecular weight is 426 g/mol. The smallest absolute Gasteiger partial charge is 0.317 e. The minimum absolute atomic E-state index is 0.0117. The standard InChI is InChI=1S/C27H43N3O/c1-5-22(19-21-11-10-20(2)18-21)30-16-14-27(15-17-30)13-12-25(28-26(31)29(3)4)23-8-6-7-9-24(23)27/h6-9,20-22,25H,5,10-19H2,1-4H3,(H,28,31)/t20?,21-,22+,25+/m1/s1. The molecule has 1 saturated carbocycles. The molecule has 0 radical (unpaired) electrons. The fourth-order valence-electron chi connectivity index (χ4n) is 6.76. The van der Waals surface area contributed by atoms with Crippen LogP contribution in [-0.2, 0) is 5.41 Å². The first-order valence-corrected chi connectivity index (χ1v) is 12.7. The van der Waals surface area contributed by atoms with Crippen LogP contribution in [0.1, 0.15) is 88.8 Å². The molecule has 4 rings (SSSR count). The van der Waals surface area contributed by atoms with Gasteiger partial charge < -0.3 is 15.1 Å². The molecule has 1 heterocycles. The monoisotopic (exact) mass is 425 g/mol. The minimum Gasteiger partial charge on any atom is -0.331 e. The van der Waals surface area contributed by atoms with Crippen LogP contribution in [0.15, 0.2) is 24.3 Å². The van der Waals surface area contributed by atoms with E-state index < -0.39 is 0 Å². The van der Waals surface area contributed by atoms with Crippen molar-refractivity contribution in [3.8, 4) is 0 Å². The molecule has 2 aliphatic carbocycles. The topological polar surface area (TPSA) is 35.6 Å². The van der Waals surface area contributed by atoms with Gasteiger partial charge in [0.1, 0.15) is 0 Å². The van der Waals surface area contributed by atoms with Crippen molar-refractivity contribution in [2.75, 3.05) is 27.2 Å². The predicted octanol–water partition coefficient (Wildman–Crippen LogP) is 5.73. The van der Waals surface area contributed by atoms with E-state index in [0.29, 0.717) is 5.41 Å². The summed E-state index contributed by atoms with van der Waals surface area (Å²) in [6.45, 7) is 7.27. The van der Waals surface area contributed by atoms with Gasteiger partial charge in [-0.25, -0.2) is 4.79 Å². The van der Waals surface area contributed by atoms with Gasteiger partial charge >= 0.3 is 6.03 Å². The number of urea groups is 1. The summed E-state index contributed by atoms with van der Waals surface area (Å²) in [4.78, 5) is 16.8. The van der Waals surface area contributed by atoms with Gasteiger partial charge in [0.05, 0.1) is 6.04 Å². The van der Waals surface area contributed by atoms with Gasteiger partial charge in [0.15, 0.2) is 0 Å². The number of fused-ring (bicyclic) bond motifs is 2. The lowest BCUT2D eigenvalue weighted by atomic mass is 9.63. The third-order valence-electron chi connectivity index (χ3n) is 8.67. The lowest BCUT2D eigenvalue weighted by molar-refractivity contribution is 0.0865. The van der Waals surface area contributed by atoms with E-state index in [1.54, 1.807) is 4.90 Å². The summed E-state index contributed by atoms with van der Waals surface area (Å²) in [5.74, 6) is 1.89. The van der Waals surface area contributed by atoms with Crippen LogP contribution in [0, 0.1) is 11.8 Å². The molecule has 0 bridgehead atoms. The number of rotatable bonds is 5. The first kappa shape index (κ1) is 22.6. The van der Waals surface area contributed by atoms with Crippen molar-refractivity contribution >= 4 is 6.03 Å². The van der Waals surface area contributed by atoms with Crippen molar-refractivity contribution in [2.45, 2.75) is 89.1 Å². The number of nitrogens with one attached hydrogen (secondary N) is 1. The van der Waals surface area contributed by atoms with Crippen molar-refractivity contribution in [2.24, 2.45) is 11.8 Å². The van der Waals surface area contributed by atoms with Gasteiger partial charge in [-0.1, -0.05) is 51.0 Å². The third-order valence-corrected chi connectivity index (χ3v) is 8.67. The van der Waals surface area contributed by atoms with Crippen LogP contribution >= 0.6 is 0 Å². The van der Waals surface area contributed by atoms with Gasteiger partial charge in [-0.3, -0.25) is 0 Å². The zero-order valence-corrected chi connectivity index (χ0v) is 20.2. The van der Waals surface area contributed by atoms with E-state index in [1.165, 1.54) is 75.6 Å². The van der Waals surface area contributed by atoms with Gasteiger partial charge in [-0.05, 0) is 86.4 Å². The summed E-state index contributed by atoms with van der Waals surface area (Å²) in [5, 5.41) is 3.25. The molecule has 1 spiro atoms. The highest BCUT2D eigenvalue weighted by molar-refractivity contribution is 5.74. The molecular formula is C27H43N3O. The quantitative estimate of drug-likeness (QED) is 0.654. The number of carbonyl (C=O) groups is 1. The molecule has 2 fully saturated rings. The summed E-state index contributed by atoms with van der Waals surface area (Å²) in [7, 11) is 3.63. The third kappa shape index (κ3) is 4.79. The molecule has 1 aromatic carbocycles. The second-order valence-corrected chi connectivity index (χ2v) is 10.9. The van der Waals surface area contributed by atoms with E-state index in [4.69, 9.17) is 0 Å². The maximum absolute atomic E-state index is 12.3. The molecule has 2 amide bonds. The van der Waals surface area contributed by atoms with Crippen LogP contribution in [0.2, 0.25) is 0 Å². The fraction of sp³-hybridized carbons (Fsp3) is 0.741. The molecule has 1 unspecified atom stereocenters. The van der Waals surface area contributed by atoms with Gasteiger partial charge in [0, 0.05) is 20.1 Å². The molecule has 4 heteroatoms. The number of hydrogen-bond donors (Lipinski definition) is 1. The summed E-state index contributed by atoms with van der Waals surface area (Å²) in [6, 6.07) is 9.84. The van der Waals surface area contributed by atoms with Gasteiger partial charge in [0.25, 0.3) is 0 Å². The lowest BCUT2D eigenvalue weighted by Gasteiger charge is -2.49. The van der Waals surface area contributed by atoms with E-state index in [0.717, 1.165) is 24.3 Å². The molecule has 3 aliphatic rings. The van der Waals surface area contributed by atoms with Crippen molar-refractivity contribution in [3.63, 3.8) is 0 Å². The molecule has 1 aromatic rings. The van der Waals surface area contributed by atoms with Crippen molar-refractivity contribution in [1.29, 1.82) is 0 Å². The second-order valence-electron chi connectivity index (χ2n) is 10.9. The first-order chi connectivity index (χ1) is 14.9. The van der Waals surface area contributed by atoms with E-state index in [9.17, 15) is 4.79 Å². The van der Waals surface area contributed by atoms with E-state index in [1.807, 2.05) is 14.1 Å². The number of piperidine rings is 1. The molecular weight excluding hydrogens is 382 g/mol. The van der Waals surface area contributed by atoms with Crippen LogP contribution < -0.4 is 5.32 Å². The van der Waals surface area contributed by atoms with Crippen LogP contribution in [-0.4, -0.2) is 49.1 Å². The molecule has 4 nitrogen and oxygen atoms in total. The summed E-state index contributed by atoms with van der Waals surface area (Å²) in [5.41, 5.74) is 3.15. The number of likely N-dealkylation sites (tertiary alicyclic amines) is 1. The molecule has 172 valence electrons. The largest absolute Gasteiger partial charge is 0.331 e. The Morgan fingerprint density at radius 2 is 1.90 bits per heavy atom. The molecule has 1 N–H and O–H groups in total. The number of nitrogens with zero attached hydrogens (tertiary/aromatic N) is 2. The van der Waals surface area contributed by atoms with Gasteiger partial charge in [-0.15, -0.1) is 0 Å². The van der Waals surface area contributed by atoms with Crippen LogP contribution in [0.3, 0.4) is 0 Å². The van der Waals surface area contributed by atoms with Crippen molar-refractivity contribution < 1.29 is 4.79 Å². The Bertz CT molecular complexity index is 753. The summed E-state index contributed by atoms with van der Waals surface area (Å²) < 4.78 is 0. The molecule has 1 aliphatic heterocycles. The Labute approximate surface area is 189 Å². The Balaban J connectivity index is 1.44. The van der Waals surface area contributed by atoms with Crippen LogP contribution in [0.4, 0.5) is 4.79 Å². The first-order valence-electron chi connectivity index (χ1n) is 12.7. The highest BCUT2D eigenvalue weighted by Gasteiger charge is 2.43. The van der Waals surface area contributed by atoms with E-state index in [-0.39, 0.29) is 12.1 Å². The Morgan fingerprint density at radius 3 is 2.55 bits per heavy atom. The highest BCUT2D eigenvalue weighted by atomic mass is 16.2. The number of hydrogen-bond acceptors (Lipinski definition) is 2. The zero-order valence-electron chi connectivity index (χ0n) is 20.2. The number of benzene rings is 1. The van der Waals surface area contributed by atoms with Gasteiger partial charge in [-0.2, -0.15) is 0 Å². The highest BCUT2D eigenvalue weighted by Crippen LogP contribution is 2.48. The second kappa shape index (κ2) is 9.52. The lowest BCUT2D eigenvalue weighted by Crippen LogP contribution is -2.49. The maximum atomic E-state index is 12.3. The van der Waals surface area contributed by atoms with Crippen molar-refractivity contribution in [3.05, 3.63) is 35.4 Å². The van der Waals surface area contributed by atoms with E-state index in [2.05, 4.69) is 48.3 Å². The normalized spacial score (nSPS) is 28.8. The Hall–Kier alpha value is -1.55. The minimum atomic E-state index is 0.0117. The predicted molar refractivity (Wildman–Crippen MR) is 128 cm³/mol. The summed E-state index contributed by atoms with van der Waals surface area (Å²) >= 11 is 0. The maximum Gasteiger partial charge on any atom is 0.317 e. The van der Waals surface area contributed by atoms with E-state index >= 15 is 0 Å². The molecule has 31 heavy (non-hydrogen) atoms. The van der Waals surface area contributed by atoms with Crippen LogP contribution in [0.5, 0.6) is 0 Å².